The highest BCUT2D eigenvalue weighted by Crippen LogP contribution is 2.26. The molecular weight excluding hydrogens is 148 g/mol. The SMILES string of the molecule is COC(=O)[C@@H]1C[C@@H](O)[C@@H](O)C1. The van der Waals surface area contributed by atoms with Crippen molar-refractivity contribution in [3.05, 3.63) is 0 Å². The minimum Gasteiger partial charge on any atom is -0.469 e. The Morgan fingerprint density at radius 3 is 2.18 bits per heavy atom. The van der Waals surface area contributed by atoms with Crippen LogP contribution >= 0.6 is 0 Å². The fourth-order valence-electron chi connectivity index (χ4n) is 1.35. The van der Waals surface area contributed by atoms with Gasteiger partial charge in [-0.15, -0.1) is 0 Å². The molecular formula is C7H12O4. The minimum atomic E-state index is -0.765. The van der Waals surface area contributed by atoms with Crippen molar-refractivity contribution in [3.8, 4) is 0 Å². The van der Waals surface area contributed by atoms with Gasteiger partial charge < -0.3 is 14.9 Å². The Kier molecular flexibility index (Phi) is 2.46. The first-order chi connectivity index (χ1) is 5.15. The molecule has 0 spiro atoms. The van der Waals surface area contributed by atoms with Gasteiger partial charge in [0.15, 0.2) is 0 Å². The van der Waals surface area contributed by atoms with Gasteiger partial charge >= 0.3 is 5.97 Å². The molecule has 64 valence electrons. The van der Waals surface area contributed by atoms with Gasteiger partial charge in [-0.2, -0.15) is 0 Å². The van der Waals surface area contributed by atoms with E-state index in [4.69, 9.17) is 10.2 Å². The summed E-state index contributed by atoms with van der Waals surface area (Å²) in [6.45, 7) is 0. The van der Waals surface area contributed by atoms with Gasteiger partial charge in [0.2, 0.25) is 0 Å². The lowest BCUT2D eigenvalue weighted by molar-refractivity contribution is -0.145. The Hall–Kier alpha value is -0.610. The summed E-state index contributed by atoms with van der Waals surface area (Å²) in [7, 11) is 1.30. The Balaban J connectivity index is 2.46. The van der Waals surface area contributed by atoms with E-state index >= 15 is 0 Å². The monoisotopic (exact) mass is 160 g/mol. The van der Waals surface area contributed by atoms with Gasteiger partial charge in [0.25, 0.3) is 0 Å². The molecule has 1 fully saturated rings. The van der Waals surface area contributed by atoms with Gasteiger partial charge in [0.05, 0.1) is 25.2 Å². The molecule has 11 heavy (non-hydrogen) atoms. The van der Waals surface area contributed by atoms with Crippen molar-refractivity contribution in [1.82, 2.24) is 0 Å². The topological polar surface area (TPSA) is 66.8 Å². The largest absolute Gasteiger partial charge is 0.469 e. The third-order valence-corrected chi connectivity index (χ3v) is 2.03. The molecule has 3 atom stereocenters. The first kappa shape index (κ1) is 8.49. The molecule has 1 aliphatic carbocycles. The lowest BCUT2D eigenvalue weighted by Gasteiger charge is -2.04. The third-order valence-electron chi connectivity index (χ3n) is 2.03. The second kappa shape index (κ2) is 3.19. The average molecular weight is 160 g/mol. The van der Waals surface area contributed by atoms with Crippen LogP contribution in [0, 0.1) is 5.92 Å². The van der Waals surface area contributed by atoms with Crippen molar-refractivity contribution in [2.24, 2.45) is 5.92 Å². The Morgan fingerprint density at radius 2 is 1.82 bits per heavy atom. The van der Waals surface area contributed by atoms with Crippen LogP contribution < -0.4 is 0 Å². The van der Waals surface area contributed by atoms with E-state index in [0.717, 1.165) is 0 Å². The number of aliphatic hydroxyl groups is 2. The summed E-state index contributed by atoms with van der Waals surface area (Å²) in [5, 5.41) is 18.1. The fourth-order valence-corrected chi connectivity index (χ4v) is 1.35. The van der Waals surface area contributed by atoms with Crippen molar-refractivity contribution < 1.29 is 19.7 Å². The molecule has 0 bridgehead atoms. The zero-order valence-corrected chi connectivity index (χ0v) is 6.36. The number of aliphatic hydroxyl groups excluding tert-OH is 2. The molecule has 0 radical (unpaired) electrons. The van der Waals surface area contributed by atoms with E-state index in [9.17, 15) is 4.79 Å². The van der Waals surface area contributed by atoms with E-state index in [1.165, 1.54) is 7.11 Å². The van der Waals surface area contributed by atoms with Crippen LogP contribution in [-0.2, 0) is 9.53 Å². The second-order valence-electron chi connectivity index (χ2n) is 2.83. The van der Waals surface area contributed by atoms with E-state index < -0.39 is 12.2 Å². The highest BCUT2D eigenvalue weighted by molar-refractivity contribution is 5.72. The smallest absolute Gasteiger partial charge is 0.308 e. The maximum absolute atomic E-state index is 10.9. The predicted octanol–water partition coefficient (Wildman–Crippen LogP) is -0.709. The molecule has 1 aliphatic rings. The summed E-state index contributed by atoms with van der Waals surface area (Å²) in [5.74, 6) is -0.675. The maximum atomic E-state index is 10.9. The zero-order chi connectivity index (χ0) is 8.43. The van der Waals surface area contributed by atoms with Crippen LogP contribution in [0.3, 0.4) is 0 Å². The normalized spacial score (nSPS) is 37.2. The number of rotatable bonds is 1. The van der Waals surface area contributed by atoms with E-state index in [2.05, 4.69) is 4.74 Å². The highest BCUT2D eigenvalue weighted by atomic mass is 16.5. The number of methoxy groups -OCH3 is 1. The van der Waals surface area contributed by atoms with Crippen LogP contribution in [-0.4, -0.2) is 35.5 Å². The van der Waals surface area contributed by atoms with Gasteiger partial charge in [-0.1, -0.05) is 0 Å². The summed E-state index contributed by atoms with van der Waals surface area (Å²) in [4.78, 5) is 10.9. The van der Waals surface area contributed by atoms with Crippen LogP contribution in [0.4, 0.5) is 0 Å². The number of carbonyl (C=O) groups excluding carboxylic acids is 1. The van der Waals surface area contributed by atoms with E-state index in [-0.39, 0.29) is 11.9 Å². The van der Waals surface area contributed by atoms with Crippen molar-refractivity contribution in [2.45, 2.75) is 25.0 Å². The summed E-state index contributed by atoms with van der Waals surface area (Å²) >= 11 is 0. The van der Waals surface area contributed by atoms with Gasteiger partial charge in [0, 0.05) is 0 Å². The van der Waals surface area contributed by atoms with Crippen LogP contribution in [0.15, 0.2) is 0 Å². The summed E-state index contributed by atoms with van der Waals surface area (Å²) < 4.78 is 4.47. The standard InChI is InChI=1S/C7H12O4/c1-11-7(10)4-2-5(8)6(9)3-4/h4-6,8-9H,2-3H2,1H3/t4-,5-,6+. The number of esters is 1. The van der Waals surface area contributed by atoms with E-state index in [1.54, 1.807) is 0 Å². The van der Waals surface area contributed by atoms with Crippen molar-refractivity contribution in [3.63, 3.8) is 0 Å². The number of carbonyl (C=O) groups is 1. The van der Waals surface area contributed by atoms with Gasteiger partial charge in [-0.05, 0) is 12.8 Å². The Morgan fingerprint density at radius 1 is 1.36 bits per heavy atom. The number of hydrogen-bond acceptors (Lipinski definition) is 4. The van der Waals surface area contributed by atoms with Crippen molar-refractivity contribution in [2.75, 3.05) is 7.11 Å². The van der Waals surface area contributed by atoms with Crippen LogP contribution in [0.1, 0.15) is 12.8 Å². The summed E-state index contributed by atoms with van der Waals surface area (Å²) in [5.41, 5.74) is 0. The first-order valence-corrected chi connectivity index (χ1v) is 3.59. The molecule has 0 heterocycles. The molecule has 0 saturated heterocycles. The molecule has 0 amide bonds. The fraction of sp³-hybridized carbons (Fsp3) is 0.857. The Bertz CT molecular complexity index is 147. The quantitative estimate of drug-likeness (QED) is 0.497. The molecule has 2 N–H and O–H groups in total. The second-order valence-corrected chi connectivity index (χ2v) is 2.83. The average Bonchev–Trinajstić information content (AvgIpc) is 2.31. The molecule has 4 heteroatoms. The molecule has 1 saturated carbocycles. The Labute approximate surface area is 64.8 Å². The molecule has 0 aromatic carbocycles. The van der Waals surface area contributed by atoms with Gasteiger partial charge in [0.1, 0.15) is 0 Å². The lowest BCUT2D eigenvalue weighted by Crippen LogP contribution is -2.17. The van der Waals surface area contributed by atoms with Crippen molar-refractivity contribution in [1.29, 1.82) is 0 Å². The van der Waals surface area contributed by atoms with Gasteiger partial charge in [-0.3, -0.25) is 4.79 Å². The molecule has 0 aliphatic heterocycles. The van der Waals surface area contributed by atoms with Crippen LogP contribution in [0.5, 0.6) is 0 Å². The molecule has 4 nitrogen and oxygen atoms in total. The minimum absolute atomic E-state index is 0.313. The van der Waals surface area contributed by atoms with Crippen LogP contribution in [0.2, 0.25) is 0 Å². The number of hydrogen-bond donors (Lipinski definition) is 2. The molecule has 1 rings (SSSR count). The molecule has 0 aromatic rings. The van der Waals surface area contributed by atoms with Gasteiger partial charge in [-0.25, -0.2) is 0 Å². The third kappa shape index (κ3) is 1.70. The predicted molar refractivity (Wildman–Crippen MR) is 36.8 cm³/mol. The number of ether oxygens (including phenoxy) is 1. The lowest BCUT2D eigenvalue weighted by atomic mass is 10.1. The zero-order valence-electron chi connectivity index (χ0n) is 6.36. The molecule has 0 unspecified atom stereocenters. The highest BCUT2D eigenvalue weighted by Gasteiger charge is 2.36. The molecule has 0 aromatic heterocycles. The maximum Gasteiger partial charge on any atom is 0.308 e. The van der Waals surface area contributed by atoms with Crippen molar-refractivity contribution >= 4 is 5.97 Å². The van der Waals surface area contributed by atoms with E-state index in [1.807, 2.05) is 0 Å². The summed E-state index contributed by atoms with van der Waals surface area (Å²) in [6.07, 6.45) is -0.903. The summed E-state index contributed by atoms with van der Waals surface area (Å²) in [6, 6.07) is 0. The van der Waals surface area contributed by atoms with Crippen LogP contribution in [0.25, 0.3) is 0 Å². The first-order valence-electron chi connectivity index (χ1n) is 3.59. The van der Waals surface area contributed by atoms with E-state index in [0.29, 0.717) is 12.8 Å².